The second kappa shape index (κ2) is 8.29. The van der Waals surface area contributed by atoms with Crippen LogP contribution in [-0.2, 0) is 19.4 Å². The van der Waals surface area contributed by atoms with Crippen molar-refractivity contribution in [3.63, 3.8) is 0 Å². The van der Waals surface area contributed by atoms with E-state index in [2.05, 4.69) is 53.5 Å². The van der Waals surface area contributed by atoms with Crippen LogP contribution in [0.25, 0.3) is 0 Å². The number of nitrogens with one attached hydrogen (secondary N) is 2. The predicted molar refractivity (Wildman–Crippen MR) is 97.0 cm³/mol. The summed E-state index contributed by atoms with van der Waals surface area (Å²) < 4.78 is 0. The molecular formula is C16H24N4S2. The largest absolute Gasteiger partial charge is 0.354 e. The molecule has 1 atom stereocenters. The molecule has 120 valence electrons. The Labute approximate surface area is 140 Å². The van der Waals surface area contributed by atoms with E-state index in [1.807, 2.05) is 17.5 Å². The molecule has 0 aliphatic rings. The normalized spacial score (nSPS) is 13.2. The van der Waals surface area contributed by atoms with E-state index in [1.165, 1.54) is 14.6 Å². The third kappa shape index (κ3) is 5.10. The maximum Gasteiger partial charge on any atom is 0.191 e. The highest BCUT2D eigenvalue weighted by Gasteiger charge is 2.08. The second-order valence-electron chi connectivity index (χ2n) is 5.26. The first-order chi connectivity index (χ1) is 10.6. The molecule has 0 aliphatic carbocycles. The van der Waals surface area contributed by atoms with Gasteiger partial charge >= 0.3 is 0 Å². The second-order valence-corrected chi connectivity index (χ2v) is 7.83. The molecule has 0 bridgehead atoms. The number of thiophene rings is 1. The lowest BCUT2D eigenvalue weighted by Gasteiger charge is -2.16. The van der Waals surface area contributed by atoms with Crippen LogP contribution < -0.4 is 10.6 Å². The van der Waals surface area contributed by atoms with Crippen LogP contribution in [0.2, 0.25) is 0 Å². The molecule has 1 unspecified atom stereocenters. The van der Waals surface area contributed by atoms with E-state index in [0.717, 1.165) is 30.4 Å². The first-order valence-corrected chi connectivity index (χ1v) is 9.20. The maximum atomic E-state index is 4.42. The summed E-state index contributed by atoms with van der Waals surface area (Å²) in [5, 5.41) is 7.87. The van der Waals surface area contributed by atoms with Crippen molar-refractivity contribution in [1.82, 2.24) is 15.6 Å². The fourth-order valence-electron chi connectivity index (χ4n) is 2.13. The standard InChI is InChI=1S/C16H24N4S2/c1-5-13-9-18-15(22-13)10-19-16(17-4)20-11(2)8-14-7-6-12(3)21-14/h6-7,9,11H,5,8,10H2,1-4H3,(H2,17,19,20). The number of hydrogen-bond donors (Lipinski definition) is 2. The lowest BCUT2D eigenvalue weighted by molar-refractivity contribution is 0.644. The molecular weight excluding hydrogens is 312 g/mol. The highest BCUT2D eigenvalue weighted by molar-refractivity contribution is 7.12. The molecule has 6 heteroatoms. The predicted octanol–water partition coefficient (Wildman–Crippen LogP) is 3.37. The SMILES string of the molecule is CCc1cnc(CNC(=NC)NC(C)Cc2ccc(C)s2)s1. The molecule has 2 aromatic rings. The van der Waals surface area contributed by atoms with Crippen molar-refractivity contribution in [2.75, 3.05) is 7.05 Å². The minimum atomic E-state index is 0.340. The summed E-state index contributed by atoms with van der Waals surface area (Å²) in [7, 11) is 1.80. The van der Waals surface area contributed by atoms with Crippen LogP contribution >= 0.6 is 22.7 Å². The van der Waals surface area contributed by atoms with Gasteiger partial charge in [0.1, 0.15) is 5.01 Å². The lowest BCUT2D eigenvalue weighted by atomic mass is 10.2. The van der Waals surface area contributed by atoms with Gasteiger partial charge in [0.05, 0.1) is 6.54 Å². The third-order valence-electron chi connectivity index (χ3n) is 3.27. The minimum absolute atomic E-state index is 0.340. The van der Waals surface area contributed by atoms with E-state index in [-0.39, 0.29) is 0 Å². The molecule has 2 N–H and O–H groups in total. The van der Waals surface area contributed by atoms with Gasteiger partial charge in [-0.05, 0) is 32.4 Å². The zero-order valence-electron chi connectivity index (χ0n) is 13.6. The quantitative estimate of drug-likeness (QED) is 0.628. The van der Waals surface area contributed by atoms with Crippen molar-refractivity contribution in [3.8, 4) is 0 Å². The van der Waals surface area contributed by atoms with Crippen molar-refractivity contribution in [2.45, 2.75) is 46.2 Å². The minimum Gasteiger partial charge on any atom is -0.354 e. The van der Waals surface area contributed by atoms with Crippen molar-refractivity contribution in [2.24, 2.45) is 4.99 Å². The van der Waals surface area contributed by atoms with Gasteiger partial charge in [0, 0.05) is 40.3 Å². The van der Waals surface area contributed by atoms with Gasteiger partial charge in [-0.3, -0.25) is 4.99 Å². The van der Waals surface area contributed by atoms with E-state index >= 15 is 0 Å². The van der Waals surface area contributed by atoms with Crippen molar-refractivity contribution in [1.29, 1.82) is 0 Å². The number of thiazole rings is 1. The van der Waals surface area contributed by atoms with E-state index in [1.54, 1.807) is 18.4 Å². The van der Waals surface area contributed by atoms with Crippen LogP contribution in [0.4, 0.5) is 0 Å². The Kier molecular flexibility index (Phi) is 6.39. The van der Waals surface area contributed by atoms with Gasteiger partial charge in [0.15, 0.2) is 5.96 Å². The molecule has 0 amide bonds. The number of aromatic nitrogens is 1. The number of rotatable bonds is 6. The highest BCUT2D eigenvalue weighted by Crippen LogP contribution is 2.16. The van der Waals surface area contributed by atoms with Gasteiger partial charge in [0.2, 0.25) is 0 Å². The number of hydrogen-bond acceptors (Lipinski definition) is 4. The fraction of sp³-hybridized carbons (Fsp3) is 0.500. The Morgan fingerprint density at radius 2 is 2.14 bits per heavy atom. The van der Waals surface area contributed by atoms with Gasteiger partial charge in [-0.2, -0.15) is 0 Å². The zero-order valence-corrected chi connectivity index (χ0v) is 15.3. The summed E-state index contributed by atoms with van der Waals surface area (Å²) in [6.45, 7) is 7.19. The fourth-order valence-corrected chi connectivity index (χ4v) is 3.95. The Hall–Kier alpha value is -1.40. The smallest absolute Gasteiger partial charge is 0.191 e. The van der Waals surface area contributed by atoms with Gasteiger partial charge < -0.3 is 10.6 Å². The molecule has 0 fully saturated rings. The Bertz CT molecular complexity index is 615. The first kappa shape index (κ1) is 17.0. The van der Waals surface area contributed by atoms with Crippen LogP contribution in [0.15, 0.2) is 23.3 Å². The van der Waals surface area contributed by atoms with Crippen LogP contribution in [0.1, 0.15) is 33.5 Å². The average molecular weight is 337 g/mol. The average Bonchev–Trinajstić information content (AvgIpc) is 3.12. The Morgan fingerprint density at radius 1 is 1.32 bits per heavy atom. The summed E-state index contributed by atoms with van der Waals surface area (Å²) in [4.78, 5) is 12.8. The molecule has 0 aliphatic heterocycles. The molecule has 0 aromatic carbocycles. The summed E-state index contributed by atoms with van der Waals surface area (Å²) in [5.41, 5.74) is 0. The molecule has 0 radical (unpaired) electrons. The zero-order chi connectivity index (χ0) is 15.9. The number of aryl methyl sites for hydroxylation is 2. The van der Waals surface area contributed by atoms with E-state index < -0.39 is 0 Å². The summed E-state index contributed by atoms with van der Waals surface area (Å²) in [5.74, 6) is 0.828. The van der Waals surface area contributed by atoms with Crippen molar-refractivity contribution in [3.05, 3.63) is 38.0 Å². The summed E-state index contributed by atoms with van der Waals surface area (Å²) >= 11 is 3.61. The number of guanidine groups is 1. The van der Waals surface area contributed by atoms with Crippen LogP contribution in [0.3, 0.4) is 0 Å². The van der Waals surface area contributed by atoms with E-state index in [9.17, 15) is 0 Å². The van der Waals surface area contributed by atoms with Gasteiger partial charge in [-0.1, -0.05) is 6.92 Å². The number of nitrogens with zero attached hydrogens (tertiary/aromatic N) is 2. The van der Waals surface area contributed by atoms with Gasteiger partial charge in [0.25, 0.3) is 0 Å². The Balaban J connectivity index is 1.81. The topological polar surface area (TPSA) is 49.3 Å². The molecule has 2 rings (SSSR count). The Morgan fingerprint density at radius 3 is 2.73 bits per heavy atom. The van der Waals surface area contributed by atoms with E-state index in [0.29, 0.717) is 6.04 Å². The summed E-state index contributed by atoms with van der Waals surface area (Å²) in [6.07, 6.45) is 4.01. The van der Waals surface area contributed by atoms with Crippen LogP contribution in [0.5, 0.6) is 0 Å². The van der Waals surface area contributed by atoms with Gasteiger partial charge in [-0.25, -0.2) is 4.98 Å². The third-order valence-corrected chi connectivity index (χ3v) is 5.43. The van der Waals surface area contributed by atoms with Crippen LogP contribution in [0, 0.1) is 6.92 Å². The highest BCUT2D eigenvalue weighted by atomic mass is 32.1. The number of aliphatic imine (C=N–C) groups is 1. The molecule has 0 spiro atoms. The molecule has 0 saturated carbocycles. The molecule has 2 heterocycles. The lowest BCUT2D eigenvalue weighted by Crippen LogP contribution is -2.42. The first-order valence-electron chi connectivity index (χ1n) is 7.56. The van der Waals surface area contributed by atoms with Gasteiger partial charge in [-0.15, -0.1) is 22.7 Å². The van der Waals surface area contributed by atoms with Crippen LogP contribution in [-0.4, -0.2) is 24.0 Å². The maximum absolute atomic E-state index is 4.42. The molecule has 0 saturated heterocycles. The molecule has 4 nitrogen and oxygen atoms in total. The monoisotopic (exact) mass is 336 g/mol. The molecule has 2 aromatic heterocycles. The summed E-state index contributed by atoms with van der Waals surface area (Å²) in [6, 6.07) is 4.72. The van der Waals surface area contributed by atoms with Crippen molar-refractivity contribution >= 4 is 28.6 Å². The molecule has 22 heavy (non-hydrogen) atoms. The van der Waals surface area contributed by atoms with E-state index in [4.69, 9.17) is 0 Å². The van der Waals surface area contributed by atoms with Crippen molar-refractivity contribution < 1.29 is 0 Å².